The van der Waals surface area contributed by atoms with Crippen LogP contribution in [0.4, 0.5) is 5.69 Å². The highest BCUT2D eigenvalue weighted by molar-refractivity contribution is 5.97. The largest absolute Gasteiger partial charge is 0.462 e. The molecule has 84 heavy (non-hydrogen) atoms. The van der Waals surface area contributed by atoms with Gasteiger partial charge in [0.1, 0.15) is 17.1 Å². The topological polar surface area (TPSA) is 98.8 Å². The highest BCUT2D eigenvalue weighted by Crippen LogP contribution is 2.25. The monoisotopic (exact) mass is 1140 g/mol. The van der Waals surface area contributed by atoms with Crippen LogP contribution in [0.1, 0.15) is 204 Å². The van der Waals surface area contributed by atoms with Gasteiger partial charge in [0.15, 0.2) is 0 Å². The Morgan fingerprint density at radius 2 is 0.667 bits per heavy atom. The number of nitrogens with one attached hydrogen (secondary N) is 1. The fraction of sp³-hybridized carbons (Fsp3) is 0.403. The fourth-order valence-corrected chi connectivity index (χ4v) is 7.62. The van der Waals surface area contributed by atoms with Crippen LogP contribution in [0.5, 0.6) is 5.75 Å². The molecule has 0 atom stereocenters. The lowest BCUT2D eigenvalue weighted by atomic mass is 10.1. The van der Waals surface area contributed by atoms with Crippen LogP contribution in [0.2, 0.25) is 0 Å². The smallest absolute Gasteiger partial charge is 0.342 e. The van der Waals surface area contributed by atoms with Crippen LogP contribution < -0.4 is 10.1 Å². The zero-order chi connectivity index (χ0) is 60.5. The van der Waals surface area contributed by atoms with E-state index in [4.69, 9.17) is 9.47 Å². The number of ether oxygens (including phenoxy) is 2. The van der Waals surface area contributed by atoms with Crippen molar-refractivity contribution in [3.8, 4) is 5.75 Å². The minimum absolute atomic E-state index is 0.0412. The molecule has 454 valence electrons. The van der Waals surface area contributed by atoms with E-state index in [0.29, 0.717) is 50.6 Å². The molecule has 1 aromatic rings. The number of amides is 1. The summed E-state index contributed by atoms with van der Waals surface area (Å²) >= 11 is 0. The highest BCUT2D eigenvalue weighted by atomic mass is 16.5. The van der Waals surface area contributed by atoms with Gasteiger partial charge in [0, 0.05) is 31.4 Å². The molecule has 0 saturated heterocycles. The Labute approximate surface area is 509 Å². The van der Waals surface area contributed by atoms with E-state index in [-0.39, 0.29) is 42.5 Å². The summed E-state index contributed by atoms with van der Waals surface area (Å²) in [6, 6.07) is 4.62. The number of esters is 2. The third-order valence-corrected chi connectivity index (χ3v) is 12.2. The van der Waals surface area contributed by atoms with Gasteiger partial charge in [-0.15, -0.1) is 0 Å². The molecule has 1 rings (SSSR count). The zero-order valence-corrected chi connectivity index (χ0v) is 51.8. The van der Waals surface area contributed by atoms with E-state index in [2.05, 4.69) is 221 Å². The molecule has 0 unspecified atom stereocenters. The third kappa shape index (κ3) is 51.5. The van der Waals surface area contributed by atoms with Gasteiger partial charge in [0.25, 0.3) is 0 Å². The first kappa shape index (κ1) is 74.6. The van der Waals surface area contributed by atoms with Gasteiger partial charge in [-0.2, -0.15) is 0 Å². The molecule has 1 N–H and O–H groups in total. The lowest BCUT2D eigenvalue weighted by molar-refractivity contribution is -0.134. The second-order valence-corrected chi connectivity index (χ2v) is 19.7. The highest BCUT2D eigenvalue weighted by Gasteiger charge is 2.19. The molecular formula is C77H105NO6. The van der Waals surface area contributed by atoms with Crippen LogP contribution in [-0.4, -0.2) is 30.2 Å². The summed E-state index contributed by atoms with van der Waals surface area (Å²) in [5, 5.41) is 2.88. The number of carbonyl (C=O) groups excluding carboxylic acids is 4. The number of hydrogen-bond acceptors (Lipinski definition) is 6. The Morgan fingerprint density at radius 3 is 1.01 bits per heavy atom. The van der Waals surface area contributed by atoms with Crippen LogP contribution >= 0.6 is 0 Å². The first-order valence-electron chi connectivity index (χ1n) is 31.4. The van der Waals surface area contributed by atoms with Crippen molar-refractivity contribution in [2.45, 2.75) is 194 Å². The van der Waals surface area contributed by atoms with Gasteiger partial charge in [-0.05, 0) is 166 Å². The summed E-state index contributed by atoms with van der Waals surface area (Å²) in [5.41, 5.74) is 0.435. The molecule has 0 heterocycles. The quantitative estimate of drug-likeness (QED) is 0.0302. The van der Waals surface area contributed by atoms with Gasteiger partial charge < -0.3 is 14.8 Å². The standard InChI is InChI=1S/C77H105NO6/c1-4-7-10-13-16-19-22-25-28-31-34-37-40-43-46-49-52-55-58-63-72(79)64-61-62-69-83-77(82)73-70-71(78-75(80)65-59-56-53-50-47-44-41-38-35-32-29-26-23-20-17-14-11-8-5-2)67-68-74(73)84-76(81)66-60-57-54-51-48-45-42-39-36-33-30-27-24-21-18-15-12-9-6-3/h7-12,16-21,25-30,34-39,43-48,52-57,67-68,70H,4-6,13-15,22-24,31-33,40-42,49-51,58-66,69H2,1-3H3,(H,78,80)/b10-7-,11-8-,12-9-,19-16-,20-17-,21-18-,28-25-,29-26-,30-27-,37-34-,38-35-,39-36-,46-43-,47-44-,48-45-,55-52+,56-53+,57-54+. The van der Waals surface area contributed by atoms with E-state index in [1.54, 1.807) is 6.07 Å². The maximum Gasteiger partial charge on any atom is 0.342 e. The van der Waals surface area contributed by atoms with Crippen LogP contribution in [0.3, 0.4) is 0 Å². The Hall–Kier alpha value is -7.38. The van der Waals surface area contributed by atoms with E-state index in [0.717, 1.165) is 116 Å². The minimum atomic E-state index is -0.673. The number of rotatable bonds is 50. The van der Waals surface area contributed by atoms with Gasteiger partial charge in [-0.3, -0.25) is 14.4 Å². The van der Waals surface area contributed by atoms with Crippen molar-refractivity contribution < 1.29 is 28.7 Å². The summed E-state index contributed by atoms with van der Waals surface area (Å²) in [4.78, 5) is 52.1. The van der Waals surface area contributed by atoms with E-state index in [1.165, 1.54) is 12.1 Å². The summed E-state index contributed by atoms with van der Waals surface area (Å²) < 4.78 is 11.3. The summed E-state index contributed by atoms with van der Waals surface area (Å²) in [7, 11) is 0. The molecule has 0 radical (unpaired) electrons. The van der Waals surface area contributed by atoms with Crippen LogP contribution in [0.25, 0.3) is 0 Å². The average Bonchev–Trinajstić information content (AvgIpc) is 3.69. The van der Waals surface area contributed by atoms with Gasteiger partial charge in [-0.1, -0.05) is 240 Å². The molecule has 7 heteroatoms. The molecule has 1 aromatic carbocycles. The first-order valence-corrected chi connectivity index (χ1v) is 31.4. The molecule has 0 spiro atoms. The van der Waals surface area contributed by atoms with E-state index >= 15 is 0 Å². The molecule has 0 aliphatic rings. The molecule has 0 bridgehead atoms. The number of carbonyl (C=O) groups is 4. The second-order valence-electron chi connectivity index (χ2n) is 19.7. The number of Topliss-reactive ketones (excluding diaryl/α,β-unsaturated/α-hetero) is 1. The van der Waals surface area contributed by atoms with Crippen LogP contribution in [-0.2, 0) is 19.1 Å². The normalized spacial score (nSPS) is 13.1. The number of hydrogen-bond donors (Lipinski definition) is 1. The predicted molar refractivity (Wildman–Crippen MR) is 362 cm³/mol. The Kier molecular flexibility index (Phi) is 53.5. The molecule has 0 aromatic heterocycles. The van der Waals surface area contributed by atoms with Crippen molar-refractivity contribution in [3.63, 3.8) is 0 Å². The number of allylic oxidation sites excluding steroid dienone is 36. The van der Waals surface area contributed by atoms with Crippen molar-refractivity contribution in [1.29, 1.82) is 0 Å². The van der Waals surface area contributed by atoms with Gasteiger partial charge >= 0.3 is 11.9 Å². The van der Waals surface area contributed by atoms with Gasteiger partial charge in [0.2, 0.25) is 5.91 Å². The maximum atomic E-state index is 13.5. The predicted octanol–water partition coefficient (Wildman–Crippen LogP) is 21.9. The number of ketones is 1. The average molecular weight is 1140 g/mol. The van der Waals surface area contributed by atoms with Crippen molar-refractivity contribution >= 4 is 29.3 Å². The number of benzene rings is 1. The Balaban J connectivity index is 2.63. The molecular weight excluding hydrogens is 1030 g/mol. The fourth-order valence-electron chi connectivity index (χ4n) is 7.62. The van der Waals surface area contributed by atoms with E-state index in [1.807, 2.05) is 24.3 Å². The zero-order valence-electron chi connectivity index (χ0n) is 51.8. The van der Waals surface area contributed by atoms with Crippen LogP contribution in [0.15, 0.2) is 237 Å². The Morgan fingerprint density at radius 1 is 0.357 bits per heavy atom. The van der Waals surface area contributed by atoms with Crippen molar-refractivity contribution in [1.82, 2.24) is 0 Å². The SMILES string of the molecule is CC/C=C\C/C=C\C/C=C\C/C=C\C/C=C\C/C=C/CCC(=O)CCCCOC(=O)c1cc(NC(=O)CC/C=C/C/C=C\C/C=C\C/C=C\C/C=C\C/C=C\CC)ccc1OC(=O)CC/C=C/C/C=C\C/C=C\C/C=C\C/C=C\C/C=C\CC. The summed E-state index contributed by atoms with van der Waals surface area (Å²) in [5.74, 6) is -1.14. The van der Waals surface area contributed by atoms with E-state index < -0.39 is 11.9 Å². The molecule has 0 fully saturated rings. The molecule has 1 amide bonds. The summed E-state index contributed by atoms with van der Waals surface area (Å²) in [6.07, 6.45) is 98.4. The van der Waals surface area contributed by atoms with Crippen molar-refractivity contribution in [2.75, 3.05) is 11.9 Å². The Bertz CT molecular complexity index is 2450. The summed E-state index contributed by atoms with van der Waals surface area (Å²) in [6.45, 7) is 6.53. The number of unbranched alkanes of at least 4 members (excludes halogenated alkanes) is 1. The molecule has 7 nitrogen and oxygen atoms in total. The molecule has 0 saturated carbocycles. The minimum Gasteiger partial charge on any atom is -0.462 e. The molecule has 0 aliphatic heterocycles. The lowest BCUT2D eigenvalue weighted by Crippen LogP contribution is -2.15. The lowest BCUT2D eigenvalue weighted by Gasteiger charge is -2.13. The van der Waals surface area contributed by atoms with Crippen LogP contribution in [0, 0.1) is 0 Å². The third-order valence-electron chi connectivity index (χ3n) is 12.2. The van der Waals surface area contributed by atoms with Crippen molar-refractivity contribution in [3.05, 3.63) is 242 Å². The second kappa shape index (κ2) is 60.2. The van der Waals surface area contributed by atoms with Gasteiger partial charge in [0.05, 0.1) is 6.61 Å². The molecule has 0 aliphatic carbocycles. The first-order chi connectivity index (χ1) is 41.4. The van der Waals surface area contributed by atoms with E-state index in [9.17, 15) is 19.2 Å². The van der Waals surface area contributed by atoms with Crippen molar-refractivity contribution in [2.24, 2.45) is 0 Å². The van der Waals surface area contributed by atoms with Gasteiger partial charge in [-0.25, -0.2) is 4.79 Å². The maximum absolute atomic E-state index is 13.5. The number of anilines is 1.